The van der Waals surface area contributed by atoms with E-state index in [4.69, 9.17) is 11.6 Å². The van der Waals surface area contributed by atoms with Gasteiger partial charge in [0.2, 0.25) is 0 Å². The lowest BCUT2D eigenvalue weighted by molar-refractivity contribution is 0.393. The average molecular weight is 293 g/mol. The van der Waals surface area contributed by atoms with Crippen LogP contribution in [-0.2, 0) is 6.42 Å². The Bertz CT molecular complexity index is 631. The fraction of sp³-hybridized carbons (Fsp3) is 0.562. The minimum atomic E-state index is -0.214. The molecule has 0 bridgehead atoms. The van der Waals surface area contributed by atoms with E-state index >= 15 is 0 Å². The van der Waals surface area contributed by atoms with Crippen molar-refractivity contribution in [1.82, 2.24) is 9.55 Å². The molecule has 0 unspecified atom stereocenters. The molecule has 2 aliphatic carbocycles. The van der Waals surface area contributed by atoms with E-state index in [1.165, 1.54) is 25.7 Å². The fourth-order valence-corrected chi connectivity index (χ4v) is 3.57. The van der Waals surface area contributed by atoms with Crippen molar-refractivity contribution < 1.29 is 4.39 Å². The summed E-state index contributed by atoms with van der Waals surface area (Å²) in [5.41, 5.74) is 1.85. The van der Waals surface area contributed by atoms with Gasteiger partial charge in [0.05, 0.1) is 11.0 Å². The largest absolute Gasteiger partial charge is 0.324 e. The molecule has 0 N–H and O–H groups in total. The minimum Gasteiger partial charge on any atom is -0.324 e. The van der Waals surface area contributed by atoms with E-state index in [0.717, 1.165) is 35.1 Å². The third-order valence-corrected chi connectivity index (χ3v) is 4.74. The topological polar surface area (TPSA) is 17.8 Å². The zero-order valence-corrected chi connectivity index (χ0v) is 12.1. The summed E-state index contributed by atoms with van der Waals surface area (Å²) in [6.07, 6.45) is 6.04. The molecule has 4 heteroatoms. The lowest BCUT2D eigenvalue weighted by atomic mass is 10.1. The number of hydrogen-bond acceptors (Lipinski definition) is 1. The van der Waals surface area contributed by atoms with E-state index in [9.17, 15) is 4.39 Å². The van der Waals surface area contributed by atoms with Gasteiger partial charge in [0.1, 0.15) is 11.6 Å². The molecular formula is C16H18ClFN2. The SMILES string of the molecule is Fc1ccc2c(c1)nc(CCCl)n2C(C1CC1)C1CC1. The average Bonchev–Trinajstić information content (AvgIpc) is 3.31. The Morgan fingerprint density at radius 1 is 1.25 bits per heavy atom. The number of rotatable bonds is 5. The first-order valence-electron chi connectivity index (χ1n) is 7.50. The van der Waals surface area contributed by atoms with E-state index in [2.05, 4.69) is 9.55 Å². The second-order valence-corrected chi connectivity index (χ2v) is 6.51. The fourth-order valence-electron chi connectivity index (χ4n) is 3.40. The van der Waals surface area contributed by atoms with Crippen molar-refractivity contribution in [2.45, 2.75) is 38.1 Å². The molecule has 0 radical (unpaired) electrons. The summed E-state index contributed by atoms with van der Waals surface area (Å²) in [4.78, 5) is 4.64. The molecule has 0 spiro atoms. The van der Waals surface area contributed by atoms with Gasteiger partial charge in [-0.05, 0) is 49.7 Å². The number of fused-ring (bicyclic) bond motifs is 1. The number of hydrogen-bond donors (Lipinski definition) is 0. The van der Waals surface area contributed by atoms with Crippen LogP contribution in [0.5, 0.6) is 0 Å². The highest BCUT2D eigenvalue weighted by molar-refractivity contribution is 6.17. The van der Waals surface area contributed by atoms with E-state index < -0.39 is 0 Å². The number of halogens is 2. The summed E-state index contributed by atoms with van der Waals surface area (Å²) in [5, 5.41) is 0. The van der Waals surface area contributed by atoms with Crippen LogP contribution in [0.1, 0.15) is 37.5 Å². The molecule has 2 nitrogen and oxygen atoms in total. The molecule has 2 fully saturated rings. The van der Waals surface area contributed by atoms with Crippen LogP contribution < -0.4 is 0 Å². The van der Waals surface area contributed by atoms with Crippen molar-refractivity contribution in [1.29, 1.82) is 0 Å². The third-order valence-electron chi connectivity index (χ3n) is 4.55. The normalized spacial score (nSPS) is 19.1. The lowest BCUT2D eigenvalue weighted by Crippen LogP contribution is -2.16. The predicted octanol–water partition coefficient (Wildman–Crippen LogP) is 4.32. The highest BCUT2D eigenvalue weighted by Crippen LogP contribution is 2.53. The summed E-state index contributed by atoms with van der Waals surface area (Å²) in [6, 6.07) is 5.53. The Labute approximate surface area is 122 Å². The highest BCUT2D eigenvalue weighted by Gasteiger charge is 2.43. The van der Waals surface area contributed by atoms with E-state index in [0.29, 0.717) is 11.9 Å². The van der Waals surface area contributed by atoms with Crippen molar-refractivity contribution >= 4 is 22.6 Å². The van der Waals surface area contributed by atoms with Crippen LogP contribution in [0.15, 0.2) is 18.2 Å². The van der Waals surface area contributed by atoms with Crippen molar-refractivity contribution in [3.05, 3.63) is 29.8 Å². The monoisotopic (exact) mass is 292 g/mol. The van der Waals surface area contributed by atoms with Crippen molar-refractivity contribution in [3.63, 3.8) is 0 Å². The van der Waals surface area contributed by atoms with E-state index in [1.54, 1.807) is 12.1 Å². The maximum absolute atomic E-state index is 13.4. The molecule has 20 heavy (non-hydrogen) atoms. The molecule has 0 amide bonds. The molecular weight excluding hydrogens is 275 g/mol. The van der Waals surface area contributed by atoms with Crippen LogP contribution in [0.25, 0.3) is 11.0 Å². The first kappa shape index (κ1) is 12.6. The Kier molecular flexibility index (Phi) is 2.99. The first-order chi connectivity index (χ1) is 9.78. The van der Waals surface area contributed by atoms with Crippen LogP contribution in [0.3, 0.4) is 0 Å². The summed E-state index contributed by atoms with van der Waals surface area (Å²) in [5.74, 6) is 2.96. The standard InChI is InChI=1S/C16H18ClFN2/c17-8-7-15-19-13-9-12(18)5-6-14(13)20(15)16(10-1-2-10)11-3-4-11/h5-6,9-11,16H,1-4,7-8H2. The molecule has 1 heterocycles. The maximum Gasteiger partial charge on any atom is 0.125 e. The second kappa shape index (κ2) is 4.73. The van der Waals surface area contributed by atoms with E-state index in [-0.39, 0.29) is 5.82 Å². The molecule has 106 valence electrons. The Morgan fingerprint density at radius 3 is 2.55 bits per heavy atom. The Balaban J connectivity index is 1.87. The van der Waals surface area contributed by atoms with Gasteiger partial charge in [-0.15, -0.1) is 11.6 Å². The molecule has 0 aliphatic heterocycles. The number of benzene rings is 1. The van der Waals surface area contributed by atoms with Gasteiger partial charge in [-0.3, -0.25) is 0 Å². The second-order valence-electron chi connectivity index (χ2n) is 6.14. The van der Waals surface area contributed by atoms with Gasteiger partial charge >= 0.3 is 0 Å². The molecule has 2 aliphatic rings. The number of aromatic nitrogens is 2. The van der Waals surface area contributed by atoms with Crippen LogP contribution in [0.2, 0.25) is 0 Å². The number of nitrogens with zero attached hydrogens (tertiary/aromatic N) is 2. The summed E-state index contributed by atoms with van der Waals surface area (Å²) >= 11 is 5.93. The van der Waals surface area contributed by atoms with Crippen LogP contribution in [0.4, 0.5) is 4.39 Å². The number of imidazole rings is 1. The Morgan fingerprint density at radius 2 is 1.95 bits per heavy atom. The lowest BCUT2D eigenvalue weighted by Gasteiger charge is -2.21. The molecule has 1 aromatic heterocycles. The zero-order valence-electron chi connectivity index (χ0n) is 11.4. The first-order valence-corrected chi connectivity index (χ1v) is 8.03. The van der Waals surface area contributed by atoms with Crippen LogP contribution in [-0.4, -0.2) is 15.4 Å². The molecule has 4 rings (SSSR count). The van der Waals surface area contributed by atoms with Gasteiger partial charge in [-0.1, -0.05) is 0 Å². The summed E-state index contributed by atoms with van der Waals surface area (Å²) in [6.45, 7) is 0. The molecule has 0 atom stereocenters. The number of aryl methyl sites for hydroxylation is 1. The van der Waals surface area contributed by atoms with Gasteiger partial charge < -0.3 is 4.57 Å². The van der Waals surface area contributed by atoms with Crippen LogP contribution in [0, 0.1) is 17.7 Å². The third kappa shape index (κ3) is 2.12. The summed E-state index contributed by atoms with van der Waals surface area (Å²) in [7, 11) is 0. The van der Waals surface area contributed by atoms with Gasteiger partial charge in [-0.25, -0.2) is 9.37 Å². The molecule has 0 saturated heterocycles. The quantitative estimate of drug-likeness (QED) is 0.751. The maximum atomic E-state index is 13.4. The smallest absolute Gasteiger partial charge is 0.125 e. The van der Waals surface area contributed by atoms with Crippen molar-refractivity contribution in [2.75, 3.05) is 5.88 Å². The molecule has 2 saturated carbocycles. The predicted molar refractivity (Wildman–Crippen MR) is 78.6 cm³/mol. The minimum absolute atomic E-state index is 0.214. The van der Waals surface area contributed by atoms with Crippen molar-refractivity contribution in [2.24, 2.45) is 11.8 Å². The van der Waals surface area contributed by atoms with E-state index in [1.807, 2.05) is 6.07 Å². The summed E-state index contributed by atoms with van der Waals surface area (Å²) < 4.78 is 15.8. The number of alkyl halides is 1. The molecule has 1 aromatic carbocycles. The Hall–Kier alpha value is -1.09. The van der Waals surface area contributed by atoms with Gasteiger partial charge in [0, 0.05) is 24.4 Å². The highest BCUT2D eigenvalue weighted by atomic mass is 35.5. The molecule has 2 aromatic rings. The van der Waals surface area contributed by atoms with Crippen LogP contribution >= 0.6 is 11.6 Å². The zero-order chi connectivity index (χ0) is 13.7. The van der Waals surface area contributed by atoms with Crippen molar-refractivity contribution in [3.8, 4) is 0 Å². The van der Waals surface area contributed by atoms with Gasteiger partial charge in [0.25, 0.3) is 0 Å². The van der Waals surface area contributed by atoms with Gasteiger partial charge in [-0.2, -0.15) is 0 Å². The van der Waals surface area contributed by atoms with Gasteiger partial charge in [0.15, 0.2) is 0 Å².